The number of piperidine rings is 1. The van der Waals surface area contributed by atoms with Gasteiger partial charge in [-0.3, -0.25) is 0 Å². The number of anilines is 1. The van der Waals surface area contributed by atoms with E-state index in [1.165, 1.54) is 5.56 Å². The Balaban J connectivity index is 1.59. The fraction of sp³-hybridized carbons (Fsp3) is 0.292. The van der Waals surface area contributed by atoms with Crippen LogP contribution in [0.15, 0.2) is 54.6 Å². The lowest BCUT2D eigenvalue weighted by Gasteiger charge is -2.49. The second-order valence-corrected chi connectivity index (χ2v) is 9.15. The molecule has 1 saturated heterocycles. The highest BCUT2D eigenvalue weighted by Gasteiger charge is 2.51. The van der Waals surface area contributed by atoms with Crippen LogP contribution in [0, 0.1) is 11.3 Å². The molecule has 0 spiro atoms. The number of hydrogen-bond acceptors (Lipinski definition) is 5. The predicted molar refractivity (Wildman–Crippen MR) is 117 cm³/mol. The lowest BCUT2D eigenvalue weighted by molar-refractivity contribution is 0.321. The number of rotatable bonds is 1. The summed E-state index contributed by atoms with van der Waals surface area (Å²) in [6.45, 7) is 0.956. The second-order valence-electron chi connectivity index (χ2n) is 8.12. The molecule has 0 N–H and O–H groups in total. The van der Waals surface area contributed by atoms with E-state index in [-0.39, 0.29) is 6.04 Å². The maximum Gasteiger partial charge on any atom is 0.133 e. The zero-order chi connectivity index (χ0) is 19.4. The Morgan fingerprint density at radius 2 is 1.86 bits per heavy atom. The van der Waals surface area contributed by atoms with Crippen LogP contribution in [0.25, 0.3) is 21.1 Å². The number of para-hydroxylation sites is 2. The zero-order valence-corrected chi connectivity index (χ0v) is 16.8. The van der Waals surface area contributed by atoms with Crippen molar-refractivity contribution in [2.75, 3.05) is 11.4 Å². The standard InChI is InChI=1S/C24H20N4S/c25-15-24(23-27-19-9-3-4-10-20(19)29-23)14-17-13-16-7-1-2-8-18(16)26-22(17)28-12-6-5-11-21(24)28/h1-4,7-10,13,21H,5-6,11-12,14H2/t21-,24-/m1/s1. The number of thiazole rings is 1. The molecule has 0 radical (unpaired) electrons. The van der Waals surface area contributed by atoms with Crippen molar-refractivity contribution in [1.82, 2.24) is 9.97 Å². The van der Waals surface area contributed by atoms with Crippen LogP contribution in [0.1, 0.15) is 29.8 Å². The van der Waals surface area contributed by atoms with Gasteiger partial charge >= 0.3 is 0 Å². The van der Waals surface area contributed by atoms with E-state index in [1.807, 2.05) is 30.3 Å². The van der Waals surface area contributed by atoms with Crippen LogP contribution in [0.3, 0.4) is 0 Å². The largest absolute Gasteiger partial charge is 0.351 e. The Hall–Kier alpha value is -2.97. The molecule has 2 aliphatic heterocycles. The van der Waals surface area contributed by atoms with Crippen molar-refractivity contribution < 1.29 is 0 Å². The van der Waals surface area contributed by atoms with Crippen molar-refractivity contribution in [2.24, 2.45) is 0 Å². The first-order valence-corrected chi connectivity index (χ1v) is 11.0. The van der Waals surface area contributed by atoms with Crippen LogP contribution >= 0.6 is 11.3 Å². The molecule has 29 heavy (non-hydrogen) atoms. The van der Waals surface area contributed by atoms with E-state index in [2.05, 4.69) is 35.2 Å². The van der Waals surface area contributed by atoms with E-state index in [0.717, 1.165) is 57.8 Å². The summed E-state index contributed by atoms with van der Waals surface area (Å²) in [6.07, 6.45) is 3.99. The molecule has 4 heterocycles. The number of nitrogens with zero attached hydrogens (tertiary/aromatic N) is 4. The molecule has 0 amide bonds. The third kappa shape index (κ3) is 2.42. The van der Waals surface area contributed by atoms with E-state index in [0.29, 0.717) is 6.42 Å². The molecule has 0 aliphatic carbocycles. The Bertz CT molecular complexity index is 1250. The van der Waals surface area contributed by atoms with Gasteiger partial charge in [0.15, 0.2) is 0 Å². The molecule has 5 heteroatoms. The smallest absolute Gasteiger partial charge is 0.133 e. The highest BCUT2D eigenvalue weighted by Crippen LogP contribution is 2.48. The fourth-order valence-electron chi connectivity index (χ4n) is 5.09. The molecule has 2 aromatic carbocycles. The lowest BCUT2D eigenvalue weighted by Crippen LogP contribution is -2.57. The van der Waals surface area contributed by atoms with Crippen LogP contribution in [0.4, 0.5) is 5.82 Å². The maximum absolute atomic E-state index is 10.6. The Labute approximate surface area is 173 Å². The summed E-state index contributed by atoms with van der Waals surface area (Å²) in [4.78, 5) is 12.4. The molecule has 2 atom stereocenters. The van der Waals surface area contributed by atoms with Crippen LogP contribution < -0.4 is 4.90 Å². The summed E-state index contributed by atoms with van der Waals surface area (Å²) in [5.74, 6) is 1.07. The Morgan fingerprint density at radius 3 is 2.72 bits per heavy atom. The van der Waals surface area contributed by atoms with E-state index in [1.54, 1.807) is 11.3 Å². The second kappa shape index (κ2) is 6.27. The van der Waals surface area contributed by atoms with E-state index in [4.69, 9.17) is 9.97 Å². The van der Waals surface area contributed by atoms with Gasteiger partial charge in [-0.05, 0) is 49.1 Å². The van der Waals surface area contributed by atoms with Crippen LogP contribution in [0.5, 0.6) is 0 Å². The number of benzene rings is 2. The van der Waals surface area contributed by atoms with Crippen molar-refractivity contribution in [3.05, 3.63) is 65.2 Å². The summed E-state index contributed by atoms with van der Waals surface area (Å²) in [5.41, 5.74) is 2.57. The molecule has 4 aromatic rings. The summed E-state index contributed by atoms with van der Waals surface area (Å²) in [6, 6.07) is 21.6. The summed E-state index contributed by atoms with van der Waals surface area (Å²) in [5, 5.41) is 12.7. The van der Waals surface area contributed by atoms with Crippen molar-refractivity contribution in [1.29, 1.82) is 5.26 Å². The van der Waals surface area contributed by atoms with Gasteiger partial charge in [-0.25, -0.2) is 9.97 Å². The Morgan fingerprint density at radius 1 is 1.03 bits per heavy atom. The summed E-state index contributed by atoms with van der Waals surface area (Å²) >= 11 is 1.68. The quantitative estimate of drug-likeness (QED) is 0.443. The van der Waals surface area contributed by atoms with Gasteiger partial charge in [0.2, 0.25) is 0 Å². The zero-order valence-electron chi connectivity index (χ0n) is 16.0. The minimum absolute atomic E-state index is 0.128. The topological polar surface area (TPSA) is 52.8 Å². The van der Waals surface area contributed by atoms with Crippen molar-refractivity contribution >= 4 is 38.3 Å². The number of fused-ring (bicyclic) bond motifs is 5. The van der Waals surface area contributed by atoms with Crippen molar-refractivity contribution in [2.45, 2.75) is 37.1 Å². The fourth-order valence-corrected chi connectivity index (χ4v) is 6.24. The summed E-state index contributed by atoms with van der Waals surface area (Å²) in [7, 11) is 0. The van der Waals surface area contributed by atoms with E-state index in [9.17, 15) is 5.26 Å². The van der Waals surface area contributed by atoms with Crippen molar-refractivity contribution in [3.8, 4) is 6.07 Å². The molecule has 0 bridgehead atoms. The first-order chi connectivity index (χ1) is 14.3. The van der Waals surface area contributed by atoms with Gasteiger partial charge in [-0.2, -0.15) is 5.26 Å². The number of pyridine rings is 1. The van der Waals surface area contributed by atoms with Gasteiger partial charge in [-0.15, -0.1) is 11.3 Å². The molecular weight excluding hydrogens is 376 g/mol. The molecule has 2 aromatic heterocycles. The molecular formula is C24H20N4S. The third-order valence-corrected chi connectivity index (χ3v) is 7.68. The summed E-state index contributed by atoms with van der Waals surface area (Å²) < 4.78 is 1.15. The molecule has 0 saturated carbocycles. The van der Waals surface area contributed by atoms with Gasteiger partial charge in [0.25, 0.3) is 0 Å². The minimum Gasteiger partial charge on any atom is -0.351 e. The van der Waals surface area contributed by atoms with Gasteiger partial charge in [0, 0.05) is 18.4 Å². The van der Waals surface area contributed by atoms with Gasteiger partial charge < -0.3 is 4.90 Å². The van der Waals surface area contributed by atoms with Crippen molar-refractivity contribution in [3.63, 3.8) is 0 Å². The normalized spacial score (nSPS) is 23.6. The monoisotopic (exact) mass is 396 g/mol. The van der Waals surface area contributed by atoms with Gasteiger partial charge in [0.05, 0.1) is 27.8 Å². The molecule has 4 nitrogen and oxygen atoms in total. The molecule has 1 fully saturated rings. The highest BCUT2D eigenvalue weighted by atomic mass is 32.1. The van der Waals surface area contributed by atoms with Crippen LogP contribution in [-0.4, -0.2) is 22.6 Å². The van der Waals surface area contributed by atoms with E-state index < -0.39 is 5.41 Å². The predicted octanol–water partition coefficient (Wildman–Crippen LogP) is 5.22. The molecule has 0 unspecified atom stereocenters. The number of hydrogen-bond donors (Lipinski definition) is 0. The lowest BCUT2D eigenvalue weighted by atomic mass is 9.70. The average Bonchev–Trinajstić information content (AvgIpc) is 3.22. The van der Waals surface area contributed by atoms with E-state index >= 15 is 0 Å². The van der Waals surface area contributed by atoms with Gasteiger partial charge in [0.1, 0.15) is 16.2 Å². The third-order valence-electron chi connectivity index (χ3n) is 6.47. The average molecular weight is 397 g/mol. The molecule has 6 rings (SSSR count). The first kappa shape index (κ1) is 16.9. The van der Waals surface area contributed by atoms with Gasteiger partial charge in [-0.1, -0.05) is 30.3 Å². The SMILES string of the molecule is N#C[C@]1(c2nc3ccccc3s2)Cc2cc3ccccc3nc2N2CCCC[C@@H]21. The number of nitriles is 1. The first-order valence-electron chi connectivity index (χ1n) is 10.2. The minimum atomic E-state index is -0.624. The number of aromatic nitrogens is 2. The van der Waals surface area contributed by atoms with Crippen LogP contribution in [-0.2, 0) is 11.8 Å². The highest BCUT2D eigenvalue weighted by molar-refractivity contribution is 7.18. The Kier molecular flexibility index (Phi) is 3.66. The molecule has 2 aliphatic rings. The van der Waals surface area contributed by atoms with Crippen LogP contribution in [0.2, 0.25) is 0 Å². The maximum atomic E-state index is 10.6. The molecule has 142 valence electrons.